The summed E-state index contributed by atoms with van der Waals surface area (Å²) in [6.45, 7) is -0.624. The number of hydrogen-bond acceptors (Lipinski definition) is 5. The second kappa shape index (κ2) is 6.62. The number of hydrogen-bond donors (Lipinski definition) is 4. The highest BCUT2D eigenvalue weighted by Crippen LogP contribution is 2.09. The van der Waals surface area contributed by atoms with Gasteiger partial charge >= 0.3 is 0 Å². The van der Waals surface area contributed by atoms with Crippen molar-refractivity contribution in [3.8, 4) is 5.69 Å². The molecule has 0 fully saturated rings. The molecule has 0 radical (unpaired) electrons. The maximum atomic E-state index is 9.23. The third kappa shape index (κ3) is 3.23. The molecular formula is C14H19N3O3. The molecule has 1 aromatic carbocycles. The summed E-state index contributed by atoms with van der Waals surface area (Å²) >= 11 is 0. The van der Waals surface area contributed by atoms with Crippen LogP contribution in [0.2, 0.25) is 0 Å². The molecule has 4 N–H and O–H groups in total. The summed E-state index contributed by atoms with van der Waals surface area (Å²) in [5.41, 5.74) is 0.777. The molecule has 2 rings (SSSR count). The maximum absolute atomic E-state index is 9.23. The van der Waals surface area contributed by atoms with Crippen molar-refractivity contribution in [2.45, 2.75) is 12.1 Å². The lowest BCUT2D eigenvalue weighted by Crippen LogP contribution is -2.54. The Morgan fingerprint density at radius 1 is 1.05 bits per heavy atom. The molecule has 108 valence electrons. The Morgan fingerprint density at radius 3 is 2.30 bits per heavy atom. The van der Waals surface area contributed by atoms with Crippen LogP contribution in [0.5, 0.6) is 0 Å². The van der Waals surface area contributed by atoms with E-state index in [1.807, 2.05) is 36.5 Å². The number of nitrogens with one attached hydrogen (secondary N) is 1. The maximum Gasteiger partial charge on any atom is 0.0884 e. The predicted octanol–water partition coefficient (Wildman–Crippen LogP) is -0.322. The minimum Gasteiger partial charge on any atom is -0.394 e. The molecule has 0 unspecified atom stereocenters. The summed E-state index contributed by atoms with van der Waals surface area (Å²) in [5, 5.41) is 34.9. The Bertz CT molecular complexity index is 515. The lowest BCUT2D eigenvalue weighted by molar-refractivity contribution is 0.0414. The smallest absolute Gasteiger partial charge is 0.0884 e. The first-order chi connectivity index (χ1) is 9.73. The van der Waals surface area contributed by atoms with Crippen LogP contribution in [-0.4, -0.2) is 50.5 Å². The normalized spacial score (nSPS) is 11.8. The highest BCUT2D eigenvalue weighted by molar-refractivity contribution is 5.30. The first-order valence-corrected chi connectivity index (χ1v) is 6.39. The Morgan fingerprint density at radius 2 is 1.70 bits per heavy atom. The molecule has 0 aliphatic carbocycles. The van der Waals surface area contributed by atoms with Gasteiger partial charge in [-0.1, -0.05) is 18.2 Å². The first-order valence-electron chi connectivity index (χ1n) is 6.39. The third-order valence-electron chi connectivity index (χ3n) is 3.23. The van der Waals surface area contributed by atoms with Crippen LogP contribution in [0.4, 0.5) is 0 Å². The van der Waals surface area contributed by atoms with Crippen molar-refractivity contribution < 1.29 is 15.3 Å². The number of aromatic nitrogens is 2. The second-order valence-corrected chi connectivity index (χ2v) is 4.74. The van der Waals surface area contributed by atoms with Crippen LogP contribution in [0.15, 0.2) is 42.7 Å². The van der Waals surface area contributed by atoms with Crippen LogP contribution in [0.1, 0.15) is 5.56 Å². The minimum absolute atomic E-state index is 0.340. The third-order valence-corrected chi connectivity index (χ3v) is 3.23. The van der Waals surface area contributed by atoms with Crippen LogP contribution in [0.25, 0.3) is 5.69 Å². The predicted molar refractivity (Wildman–Crippen MR) is 74.4 cm³/mol. The molecule has 0 aliphatic rings. The van der Waals surface area contributed by atoms with Gasteiger partial charge in [-0.05, 0) is 12.1 Å². The fraction of sp³-hybridized carbons (Fsp3) is 0.357. The molecule has 6 nitrogen and oxygen atoms in total. The minimum atomic E-state index is -1.07. The van der Waals surface area contributed by atoms with E-state index in [-0.39, 0.29) is 19.8 Å². The van der Waals surface area contributed by atoms with E-state index >= 15 is 0 Å². The van der Waals surface area contributed by atoms with Crippen molar-refractivity contribution in [3.63, 3.8) is 0 Å². The monoisotopic (exact) mass is 277 g/mol. The number of rotatable bonds is 7. The lowest BCUT2D eigenvalue weighted by atomic mass is 10.0. The van der Waals surface area contributed by atoms with Gasteiger partial charge < -0.3 is 20.6 Å². The topological polar surface area (TPSA) is 90.5 Å². The fourth-order valence-electron chi connectivity index (χ4n) is 1.78. The first kappa shape index (κ1) is 14.7. The second-order valence-electron chi connectivity index (χ2n) is 4.74. The lowest BCUT2D eigenvalue weighted by Gasteiger charge is -2.28. The van der Waals surface area contributed by atoms with Crippen LogP contribution in [0, 0.1) is 0 Å². The van der Waals surface area contributed by atoms with Gasteiger partial charge in [0.15, 0.2) is 0 Å². The highest BCUT2D eigenvalue weighted by Gasteiger charge is 2.27. The van der Waals surface area contributed by atoms with Gasteiger partial charge in [-0.3, -0.25) is 0 Å². The van der Waals surface area contributed by atoms with Gasteiger partial charge in [0.1, 0.15) is 0 Å². The van der Waals surface area contributed by atoms with Crippen LogP contribution < -0.4 is 5.32 Å². The zero-order chi connectivity index (χ0) is 14.4. The standard InChI is InChI=1S/C14H19N3O3/c18-9-14(10-19,11-20)15-6-12-7-16-17(8-12)13-4-2-1-3-5-13/h1-5,7-8,15,18-20H,6,9-11H2. The molecule has 0 spiro atoms. The van der Waals surface area contributed by atoms with E-state index in [1.54, 1.807) is 10.9 Å². The van der Waals surface area contributed by atoms with Gasteiger partial charge in [-0.25, -0.2) is 4.68 Å². The summed E-state index contributed by atoms with van der Waals surface area (Å²) in [4.78, 5) is 0. The summed E-state index contributed by atoms with van der Waals surface area (Å²) in [5.74, 6) is 0. The quantitative estimate of drug-likeness (QED) is 0.557. The number of nitrogens with zero attached hydrogens (tertiary/aromatic N) is 2. The molecule has 0 bridgehead atoms. The Hall–Kier alpha value is -1.73. The molecule has 0 atom stereocenters. The van der Waals surface area contributed by atoms with Gasteiger partial charge in [0.05, 0.1) is 37.2 Å². The average Bonchev–Trinajstić information content (AvgIpc) is 2.99. The molecule has 6 heteroatoms. The van der Waals surface area contributed by atoms with Gasteiger partial charge in [-0.2, -0.15) is 5.10 Å². The Kier molecular flexibility index (Phi) is 4.86. The van der Waals surface area contributed by atoms with Crippen LogP contribution in [-0.2, 0) is 6.54 Å². The summed E-state index contributed by atoms with van der Waals surface area (Å²) < 4.78 is 1.75. The van der Waals surface area contributed by atoms with Crippen LogP contribution in [0.3, 0.4) is 0 Å². The molecular weight excluding hydrogens is 258 g/mol. The van der Waals surface area contributed by atoms with Crippen molar-refractivity contribution in [1.29, 1.82) is 0 Å². The van der Waals surface area contributed by atoms with Crippen LogP contribution >= 0.6 is 0 Å². The molecule has 0 aliphatic heterocycles. The molecule has 1 heterocycles. The van der Waals surface area contributed by atoms with Gasteiger partial charge in [0, 0.05) is 18.3 Å². The molecule has 20 heavy (non-hydrogen) atoms. The van der Waals surface area contributed by atoms with E-state index < -0.39 is 5.54 Å². The van der Waals surface area contributed by atoms with E-state index in [0.717, 1.165) is 11.3 Å². The summed E-state index contributed by atoms with van der Waals surface area (Å²) in [6, 6.07) is 9.70. The van der Waals surface area contributed by atoms with Crippen molar-refractivity contribution in [2.75, 3.05) is 19.8 Å². The van der Waals surface area contributed by atoms with Gasteiger partial charge in [-0.15, -0.1) is 0 Å². The number of para-hydroxylation sites is 1. The largest absolute Gasteiger partial charge is 0.394 e. The molecule has 0 saturated heterocycles. The highest BCUT2D eigenvalue weighted by atomic mass is 16.3. The molecule has 1 aromatic heterocycles. The van der Waals surface area contributed by atoms with E-state index in [1.165, 1.54) is 0 Å². The molecule has 0 saturated carbocycles. The van der Waals surface area contributed by atoms with Crippen molar-refractivity contribution in [2.24, 2.45) is 0 Å². The van der Waals surface area contributed by atoms with Gasteiger partial charge in [0.2, 0.25) is 0 Å². The van der Waals surface area contributed by atoms with E-state index in [0.29, 0.717) is 6.54 Å². The Balaban J connectivity index is 2.03. The van der Waals surface area contributed by atoms with E-state index in [2.05, 4.69) is 10.4 Å². The summed E-state index contributed by atoms with van der Waals surface area (Å²) in [6.07, 6.45) is 3.57. The van der Waals surface area contributed by atoms with E-state index in [9.17, 15) is 15.3 Å². The zero-order valence-electron chi connectivity index (χ0n) is 11.1. The van der Waals surface area contributed by atoms with Gasteiger partial charge in [0.25, 0.3) is 0 Å². The number of aliphatic hydroxyl groups is 3. The van der Waals surface area contributed by atoms with Crippen molar-refractivity contribution in [3.05, 3.63) is 48.3 Å². The zero-order valence-corrected chi connectivity index (χ0v) is 11.1. The summed E-state index contributed by atoms with van der Waals surface area (Å²) in [7, 11) is 0. The SMILES string of the molecule is OCC(CO)(CO)NCc1cnn(-c2ccccc2)c1. The molecule has 0 amide bonds. The fourth-order valence-corrected chi connectivity index (χ4v) is 1.78. The van der Waals surface area contributed by atoms with Crippen molar-refractivity contribution in [1.82, 2.24) is 15.1 Å². The Labute approximate surface area is 117 Å². The van der Waals surface area contributed by atoms with Crippen molar-refractivity contribution >= 4 is 0 Å². The average molecular weight is 277 g/mol. The number of benzene rings is 1. The number of aliphatic hydroxyl groups excluding tert-OH is 3. The molecule has 2 aromatic rings. The van der Waals surface area contributed by atoms with E-state index in [4.69, 9.17) is 0 Å².